The second kappa shape index (κ2) is 6.84. The highest BCUT2D eigenvalue weighted by Gasteiger charge is 2.29. The zero-order valence-corrected chi connectivity index (χ0v) is 15.0. The molecule has 4 nitrogen and oxygen atoms in total. The van der Waals surface area contributed by atoms with Crippen molar-refractivity contribution in [3.05, 3.63) is 59.0 Å². The van der Waals surface area contributed by atoms with E-state index >= 15 is 0 Å². The highest BCUT2D eigenvalue weighted by atomic mass is 32.1. The number of piperidine rings is 1. The molecule has 1 fully saturated rings. The molecule has 1 unspecified atom stereocenters. The first-order valence-electron chi connectivity index (χ1n) is 8.61. The topological polar surface area (TPSA) is 46.3 Å². The molecule has 2 aromatic heterocycles. The summed E-state index contributed by atoms with van der Waals surface area (Å²) in [6, 6.07) is 12.0. The van der Waals surface area contributed by atoms with Gasteiger partial charge in [0.25, 0.3) is 0 Å². The number of carbonyl (C=O) groups is 1. The third-order valence-electron chi connectivity index (χ3n) is 4.53. The van der Waals surface area contributed by atoms with Gasteiger partial charge in [0.1, 0.15) is 16.5 Å². The largest absolute Gasteiger partial charge is 0.462 e. The SMILES string of the molecule is Cc1ccc(/C=C/C(=O)N2CCCCC2c2nc3ccccc3s2)o1. The molecule has 4 rings (SSSR count). The summed E-state index contributed by atoms with van der Waals surface area (Å²) in [5, 5.41) is 1.04. The highest BCUT2D eigenvalue weighted by molar-refractivity contribution is 7.18. The molecule has 0 saturated carbocycles. The molecule has 3 heterocycles. The number of aryl methyl sites for hydroxylation is 1. The quantitative estimate of drug-likeness (QED) is 0.626. The fraction of sp³-hybridized carbons (Fsp3) is 0.300. The first-order chi connectivity index (χ1) is 12.2. The van der Waals surface area contributed by atoms with E-state index in [0.29, 0.717) is 5.76 Å². The molecule has 25 heavy (non-hydrogen) atoms. The van der Waals surface area contributed by atoms with Crippen molar-refractivity contribution in [2.24, 2.45) is 0 Å². The molecular weight excluding hydrogens is 332 g/mol. The fourth-order valence-corrected chi connectivity index (χ4v) is 4.39. The summed E-state index contributed by atoms with van der Waals surface area (Å²) < 4.78 is 6.68. The maximum atomic E-state index is 12.8. The van der Waals surface area contributed by atoms with Gasteiger partial charge in [-0.2, -0.15) is 0 Å². The number of fused-ring (bicyclic) bond motifs is 1. The van der Waals surface area contributed by atoms with Crippen LogP contribution in [-0.2, 0) is 4.79 Å². The Kier molecular flexibility index (Phi) is 4.40. The molecule has 0 N–H and O–H groups in total. The Morgan fingerprint density at radius 3 is 2.96 bits per heavy atom. The van der Waals surface area contributed by atoms with E-state index in [4.69, 9.17) is 9.40 Å². The molecule has 128 valence electrons. The lowest BCUT2D eigenvalue weighted by molar-refractivity contribution is -0.129. The number of hydrogen-bond donors (Lipinski definition) is 0. The van der Waals surface area contributed by atoms with Crippen molar-refractivity contribution in [3.8, 4) is 0 Å². The van der Waals surface area contributed by atoms with E-state index in [1.807, 2.05) is 42.2 Å². The van der Waals surface area contributed by atoms with Gasteiger partial charge in [0, 0.05) is 12.6 Å². The van der Waals surface area contributed by atoms with Gasteiger partial charge in [-0.15, -0.1) is 11.3 Å². The zero-order chi connectivity index (χ0) is 17.2. The molecule has 1 aromatic carbocycles. The van der Waals surface area contributed by atoms with Crippen molar-refractivity contribution in [2.75, 3.05) is 6.54 Å². The third kappa shape index (κ3) is 3.37. The summed E-state index contributed by atoms with van der Waals surface area (Å²) in [6.07, 6.45) is 6.51. The number of para-hydroxylation sites is 1. The molecule has 0 aliphatic carbocycles. The first kappa shape index (κ1) is 16.1. The molecule has 1 amide bonds. The van der Waals surface area contributed by atoms with Gasteiger partial charge in [0.05, 0.1) is 16.3 Å². The van der Waals surface area contributed by atoms with E-state index in [0.717, 1.165) is 42.1 Å². The van der Waals surface area contributed by atoms with Crippen molar-refractivity contribution in [1.29, 1.82) is 0 Å². The number of benzene rings is 1. The number of hydrogen-bond acceptors (Lipinski definition) is 4. The minimum atomic E-state index is 0.0259. The number of nitrogens with zero attached hydrogens (tertiary/aromatic N) is 2. The van der Waals surface area contributed by atoms with Crippen LogP contribution in [0.1, 0.15) is 41.8 Å². The summed E-state index contributed by atoms with van der Waals surface area (Å²) in [5.74, 6) is 1.58. The van der Waals surface area contributed by atoms with Gasteiger partial charge in [0.2, 0.25) is 5.91 Å². The summed E-state index contributed by atoms with van der Waals surface area (Å²) in [4.78, 5) is 19.5. The predicted molar refractivity (Wildman–Crippen MR) is 100 cm³/mol. The summed E-state index contributed by atoms with van der Waals surface area (Å²) in [6.45, 7) is 2.67. The average molecular weight is 352 g/mol. The maximum absolute atomic E-state index is 12.8. The molecule has 3 aromatic rings. The van der Waals surface area contributed by atoms with Crippen molar-refractivity contribution in [1.82, 2.24) is 9.88 Å². The monoisotopic (exact) mass is 352 g/mol. The van der Waals surface area contributed by atoms with Crippen molar-refractivity contribution >= 4 is 33.5 Å². The molecule has 0 bridgehead atoms. The van der Waals surface area contributed by atoms with E-state index < -0.39 is 0 Å². The van der Waals surface area contributed by atoms with Crippen LogP contribution in [0.4, 0.5) is 0 Å². The van der Waals surface area contributed by atoms with Crippen LogP contribution in [0.5, 0.6) is 0 Å². The van der Waals surface area contributed by atoms with Gasteiger partial charge in [-0.25, -0.2) is 4.98 Å². The van der Waals surface area contributed by atoms with Crippen LogP contribution in [0.3, 0.4) is 0 Å². The fourth-order valence-electron chi connectivity index (χ4n) is 3.28. The Hall–Kier alpha value is -2.40. The van der Waals surface area contributed by atoms with Gasteiger partial charge in [-0.3, -0.25) is 4.79 Å². The Morgan fingerprint density at radius 2 is 2.16 bits per heavy atom. The second-order valence-electron chi connectivity index (χ2n) is 6.34. The number of furan rings is 1. The Balaban J connectivity index is 1.57. The minimum absolute atomic E-state index is 0.0259. The van der Waals surface area contributed by atoms with Crippen LogP contribution in [-0.4, -0.2) is 22.3 Å². The third-order valence-corrected chi connectivity index (χ3v) is 5.67. The molecule has 0 radical (unpaired) electrons. The van der Waals surface area contributed by atoms with Gasteiger partial charge in [-0.05, 0) is 56.5 Å². The molecule has 1 atom stereocenters. The molecule has 0 spiro atoms. The average Bonchev–Trinajstić information content (AvgIpc) is 3.25. The van der Waals surface area contributed by atoms with E-state index in [2.05, 4.69) is 6.07 Å². The van der Waals surface area contributed by atoms with E-state index in [1.165, 1.54) is 4.70 Å². The lowest BCUT2D eigenvalue weighted by atomic mass is 10.0. The predicted octanol–water partition coefficient (Wildman–Crippen LogP) is 4.96. The first-order valence-corrected chi connectivity index (χ1v) is 9.43. The number of likely N-dealkylation sites (tertiary alicyclic amines) is 1. The molecular formula is C20H20N2O2S. The molecule has 1 aliphatic rings. The summed E-state index contributed by atoms with van der Waals surface area (Å²) >= 11 is 1.70. The van der Waals surface area contributed by atoms with E-state index in [9.17, 15) is 4.79 Å². The van der Waals surface area contributed by atoms with Crippen LogP contribution < -0.4 is 0 Å². The normalized spacial score (nSPS) is 18.3. The van der Waals surface area contributed by atoms with E-state index in [1.54, 1.807) is 23.5 Å². The van der Waals surface area contributed by atoms with Crippen molar-refractivity contribution < 1.29 is 9.21 Å². The molecule has 5 heteroatoms. The van der Waals surface area contributed by atoms with Gasteiger partial charge in [-0.1, -0.05) is 12.1 Å². The van der Waals surface area contributed by atoms with Gasteiger partial charge < -0.3 is 9.32 Å². The number of rotatable bonds is 3. The van der Waals surface area contributed by atoms with Crippen LogP contribution >= 0.6 is 11.3 Å². The van der Waals surface area contributed by atoms with Crippen LogP contribution in [0.25, 0.3) is 16.3 Å². The minimum Gasteiger partial charge on any atom is -0.462 e. The van der Waals surface area contributed by atoms with Crippen LogP contribution in [0.2, 0.25) is 0 Å². The number of carbonyl (C=O) groups excluding carboxylic acids is 1. The zero-order valence-electron chi connectivity index (χ0n) is 14.1. The lowest BCUT2D eigenvalue weighted by Crippen LogP contribution is -2.37. The summed E-state index contributed by atoms with van der Waals surface area (Å²) in [5.41, 5.74) is 1.02. The standard InChI is InChI=1S/C20H20N2O2S/c1-14-9-10-15(24-14)11-12-19(23)22-13-5-4-7-17(22)20-21-16-6-2-3-8-18(16)25-20/h2-3,6,8-12,17H,4-5,7,13H2,1H3/b12-11+. The van der Waals surface area contributed by atoms with E-state index in [-0.39, 0.29) is 11.9 Å². The van der Waals surface area contributed by atoms with Crippen LogP contribution in [0, 0.1) is 6.92 Å². The number of amides is 1. The van der Waals surface area contributed by atoms with Gasteiger partial charge in [0.15, 0.2) is 0 Å². The Morgan fingerprint density at radius 1 is 1.28 bits per heavy atom. The molecule has 1 aliphatic heterocycles. The lowest BCUT2D eigenvalue weighted by Gasteiger charge is -2.33. The number of thiazole rings is 1. The highest BCUT2D eigenvalue weighted by Crippen LogP contribution is 2.35. The molecule has 1 saturated heterocycles. The number of aromatic nitrogens is 1. The second-order valence-corrected chi connectivity index (χ2v) is 7.41. The Bertz CT molecular complexity index is 892. The van der Waals surface area contributed by atoms with Gasteiger partial charge >= 0.3 is 0 Å². The summed E-state index contributed by atoms with van der Waals surface area (Å²) in [7, 11) is 0. The van der Waals surface area contributed by atoms with Crippen molar-refractivity contribution in [2.45, 2.75) is 32.2 Å². The maximum Gasteiger partial charge on any atom is 0.247 e. The smallest absolute Gasteiger partial charge is 0.247 e. The Labute approximate surface area is 150 Å². The van der Waals surface area contributed by atoms with Crippen molar-refractivity contribution in [3.63, 3.8) is 0 Å². The van der Waals surface area contributed by atoms with Crippen LogP contribution in [0.15, 0.2) is 46.9 Å².